The van der Waals surface area contributed by atoms with E-state index in [1.165, 1.54) is 10.9 Å². The van der Waals surface area contributed by atoms with Gasteiger partial charge in [0.2, 0.25) is 0 Å². The van der Waals surface area contributed by atoms with Gasteiger partial charge >= 0.3 is 5.97 Å². The van der Waals surface area contributed by atoms with Gasteiger partial charge in [-0.05, 0) is 18.6 Å². The Bertz CT molecular complexity index is 672. The number of nitrogens with one attached hydrogen (secondary N) is 1. The molecule has 0 fully saturated rings. The standard InChI is InChI=1S/C13H13N5O2/c1-9-3-2-4-10(7-14)12(9)15-5-6-18-8-11(13(19)20)16-17-18/h2-4,8,15H,5-6H2,1H3,(H,19,20). The number of hydrogen-bond donors (Lipinski definition) is 2. The van der Waals surface area contributed by atoms with Crippen molar-refractivity contribution in [2.45, 2.75) is 13.5 Å². The third kappa shape index (κ3) is 2.92. The Labute approximate surface area is 115 Å². The number of para-hydroxylation sites is 1. The van der Waals surface area contributed by atoms with Crippen molar-refractivity contribution in [3.05, 3.63) is 41.2 Å². The van der Waals surface area contributed by atoms with Crippen molar-refractivity contribution in [3.63, 3.8) is 0 Å². The summed E-state index contributed by atoms with van der Waals surface area (Å²) in [5.41, 5.74) is 2.26. The lowest BCUT2D eigenvalue weighted by molar-refractivity contribution is 0.0690. The third-order valence-electron chi connectivity index (χ3n) is 2.79. The van der Waals surface area contributed by atoms with E-state index in [1.54, 1.807) is 6.07 Å². The van der Waals surface area contributed by atoms with E-state index >= 15 is 0 Å². The monoisotopic (exact) mass is 271 g/mol. The molecule has 7 heteroatoms. The van der Waals surface area contributed by atoms with Crippen LogP contribution in [0.5, 0.6) is 0 Å². The molecule has 7 nitrogen and oxygen atoms in total. The molecule has 0 aliphatic carbocycles. The maximum atomic E-state index is 10.7. The van der Waals surface area contributed by atoms with E-state index in [2.05, 4.69) is 21.7 Å². The number of aromatic carboxylic acids is 1. The predicted molar refractivity (Wildman–Crippen MR) is 71.4 cm³/mol. The third-order valence-corrected chi connectivity index (χ3v) is 2.79. The number of aryl methyl sites for hydroxylation is 1. The highest BCUT2D eigenvalue weighted by Gasteiger charge is 2.08. The van der Waals surface area contributed by atoms with Crippen LogP contribution in [0.2, 0.25) is 0 Å². The number of carbonyl (C=O) groups is 1. The summed E-state index contributed by atoms with van der Waals surface area (Å²) in [5, 5.41) is 28.2. The highest BCUT2D eigenvalue weighted by molar-refractivity contribution is 5.84. The van der Waals surface area contributed by atoms with Gasteiger partial charge in [0, 0.05) is 6.54 Å². The minimum Gasteiger partial charge on any atom is -0.476 e. The van der Waals surface area contributed by atoms with Crippen LogP contribution in [-0.2, 0) is 6.54 Å². The molecular weight excluding hydrogens is 258 g/mol. The summed E-state index contributed by atoms with van der Waals surface area (Å²) in [6.45, 7) is 2.89. The fourth-order valence-corrected chi connectivity index (χ4v) is 1.80. The van der Waals surface area contributed by atoms with Crippen molar-refractivity contribution in [1.29, 1.82) is 5.26 Å². The van der Waals surface area contributed by atoms with Crippen LogP contribution in [-0.4, -0.2) is 32.6 Å². The van der Waals surface area contributed by atoms with Gasteiger partial charge in [-0.15, -0.1) is 5.10 Å². The smallest absolute Gasteiger partial charge is 0.358 e. The van der Waals surface area contributed by atoms with Gasteiger partial charge in [-0.1, -0.05) is 17.3 Å². The van der Waals surface area contributed by atoms with Gasteiger partial charge in [0.15, 0.2) is 5.69 Å². The largest absolute Gasteiger partial charge is 0.476 e. The molecule has 1 aromatic carbocycles. The number of benzene rings is 1. The first-order valence-corrected chi connectivity index (χ1v) is 5.99. The van der Waals surface area contributed by atoms with Gasteiger partial charge in [-0.25, -0.2) is 9.48 Å². The normalized spacial score (nSPS) is 10.0. The molecule has 0 spiro atoms. The highest BCUT2D eigenvalue weighted by Crippen LogP contribution is 2.19. The molecule has 0 atom stereocenters. The van der Waals surface area contributed by atoms with E-state index in [4.69, 9.17) is 10.4 Å². The summed E-state index contributed by atoms with van der Waals surface area (Å²) in [4.78, 5) is 10.7. The van der Waals surface area contributed by atoms with E-state index in [0.29, 0.717) is 18.7 Å². The number of nitrogens with zero attached hydrogens (tertiary/aromatic N) is 4. The summed E-state index contributed by atoms with van der Waals surface area (Å²) in [7, 11) is 0. The molecule has 0 saturated heterocycles. The SMILES string of the molecule is Cc1cccc(C#N)c1NCCn1cc(C(=O)O)nn1. The van der Waals surface area contributed by atoms with Crippen LogP contribution >= 0.6 is 0 Å². The molecule has 20 heavy (non-hydrogen) atoms. The summed E-state index contributed by atoms with van der Waals surface area (Å²) >= 11 is 0. The van der Waals surface area contributed by atoms with Crippen LogP contribution in [0.15, 0.2) is 24.4 Å². The van der Waals surface area contributed by atoms with E-state index in [0.717, 1.165) is 11.3 Å². The van der Waals surface area contributed by atoms with Gasteiger partial charge in [0.1, 0.15) is 6.07 Å². The molecule has 0 aliphatic heterocycles. The molecule has 2 N–H and O–H groups in total. The Morgan fingerprint density at radius 1 is 1.55 bits per heavy atom. The van der Waals surface area contributed by atoms with Gasteiger partial charge < -0.3 is 10.4 Å². The number of carboxylic acids is 1. The van der Waals surface area contributed by atoms with Crippen LogP contribution in [0.3, 0.4) is 0 Å². The lowest BCUT2D eigenvalue weighted by atomic mass is 10.1. The molecule has 0 saturated carbocycles. The van der Waals surface area contributed by atoms with Crippen molar-refractivity contribution >= 4 is 11.7 Å². The first-order chi connectivity index (χ1) is 9.61. The van der Waals surface area contributed by atoms with E-state index < -0.39 is 5.97 Å². The van der Waals surface area contributed by atoms with Crippen LogP contribution < -0.4 is 5.32 Å². The van der Waals surface area contributed by atoms with Gasteiger partial charge in [0.05, 0.1) is 24.0 Å². The number of anilines is 1. The summed E-state index contributed by atoms with van der Waals surface area (Å²) in [6, 6.07) is 7.62. The average Bonchev–Trinajstić information content (AvgIpc) is 2.89. The first-order valence-electron chi connectivity index (χ1n) is 5.99. The molecule has 2 aromatic rings. The van der Waals surface area contributed by atoms with Crippen molar-refractivity contribution in [2.24, 2.45) is 0 Å². The van der Waals surface area contributed by atoms with Crippen molar-refractivity contribution < 1.29 is 9.90 Å². The lowest BCUT2D eigenvalue weighted by Gasteiger charge is -2.10. The topological polar surface area (TPSA) is 104 Å². The van der Waals surface area contributed by atoms with E-state index in [-0.39, 0.29) is 5.69 Å². The number of rotatable bonds is 5. The lowest BCUT2D eigenvalue weighted by Crippen LogP contribution is -2.12. The van der Waals surface area contributed by atoms with Gasteiger partial charge in [0.25, 0.3) is 0 Å². The minimum absolute atomic E-state index is 0.0846. The van der Waals surface area contributed by atoms with E-state index in [9.17, 15) is 4.79 Å². The Kier molecular flexibility index (Phi) is 3.96. The van der Waals surface area contributed by atoms with Crippen molar-refractivity contribution in [2.75, 3.05) is 11.9 Å². The Hall–Kier alpha value is -2.88. The second kappa shape index (κ2) is 5.84. The molecule has 0 radical (unpaired) electrons. The summed E-state index contributed by atoms with van der Waals surface area (Å²) in [5.74, 6) is -1.10. The second-order valence-electron chi connectivity index (χ2n) is 4.21. The molecule has 102 valence electrons. The zero-order chi connectivity index (χ0) is 14.5. The molecule has 0 unspecified atom stereocenters. The van der Waals surface area contributed by atoms with Crippen LogP contribution in [0, 0.1) is 18.3 Å². The molecule has 0 amide bonds. The zero-order valence-electron chi connectivity index (χ0n) is 10.9. The Morgan fingerprint density at radius 3 is 3.00 bits per heavy atom. The maximum Gasteiger partial charge on any atom is 0.358 e. The fraction of sp³-hybridized carbons (Fsp3) is 0.231. The second-order valence-corrected chi connectivity index (χ2v) is 4.21. The van der Waals surface area contributed by atoms with Gasteiger partial charge in [-0.2, -0.15) is 5.26 Å². The van der Waals surface area contributed by atoms with Crippen LogP contribution in [0.1, 0.15) is 21.6 Å². The van der Waals surface area contributed by atoms with E-state index in [1.807, 2.05) is 19.1 Å². The first kappa shape index (κ1) is 13.5. The molecule has 1 aromatic heterocycles. The fourth-order valence-electron chi connectivity index (χ4n) is 1.80. The zero-order valence-corrected chi connectivity index (χ0v) is 10.9. The predicted octanol–water partition coefficient (Wildman–Crippen LogP) is 1.27. The molecule has 1 heterocycles. The minimum atomic E-state index is -1.10. The molecular formula is C13H13N5O2. The Morgan fingerprint density at radius 2 is 2.35 bits per heavy atom. The maximum absolute atomic E-state index is 10.7. The highest BCUT2D eigenvalue weighted by atomic mass is 16.4. The molecule has 2 rings (SSSR count). The number of carboxylic acid groups (broad SMARTS) is 1. The average molecular weight is 271 g/mol. The van der Waals surface area contributed by atoms with Gasteiger partial charge in [-0.3, -0.25) is 0 Å². The number of nitriles is 1. The number of aromatic nitrogens is 3. The molecule has 0 aliphatic rings. The van der Waals surface area contributed by atoms with Crippen LogP contribution in [0.25, 0.3) is 0 Å². The quantitative estimate of drug-likeness (QED) is 0.848. The number of hydrogen-bond acceptors (Lipinski definition) is 5. The molecule has 0 bridgehead atoms. The Balaban J connectivity index is 1.99. The summed E-state index contributed by atoms with van der Waals surface area (Å²) in [6.07, 6.45) is 1.37. The van der Waals surface area contributed by atoms with Crippen LogP contribution in [0.4, 0.5) is 5.69 Å². The van der Waals surface area contributed by atoms with Crippen molar-refractivity contribution in [3.8, 4) is 6.07 Å². The van der Waals surface area contributed by atoms with Crippen molar-refractivity contribution in [1.82, 2.24) is 15.0 Å². The summed E-state index contributed by atoms with van der Waals surface area (Å²) < 4.78 is 1.45.